The van der Waals surface area contributed by atoms with Gasteiger partial charge in [-0.3, -0.25) is 4.90 Å². The summed E-state index contributed by atoms with van der Waals surface area (Å²) >= 11 is 0. The number of hydrogen-bond acceptors (Lipinski definition) is 3. The van der Waals surface area contributed by atoms with Crippen molar-refractivity contribution in [2.24, 2.45) is 0 Å². The summed E-state index contributed by atoms with van der Waals surface area (Å²) in [5.74, 6) is 0. The second-order valence-electron chi connectivity index (χ2n) is 5.86. The number of aryl methyl sites for hydroxylation is 1. The van der Waals surface area contributed by atoms with Gasteiger partial charge in [0.2, 0.25) is 0 Å². The normalized spacial score (nSPS) is 23.9. The van der Waals surface area contributed by atoms with Crippen LogP contribution in [-0.2, 0) is 6.42 Å². The third-order valence-corrected chi connectivity index (χ3v) is 4.65. The van der Waals surface area contributed by atoms with Crippen LogP contribution in [0.5, 0.6) is 0 Å². The standard InChI is InChI=1S/C16H25N3/c1-3-14-12-19(10-9-18(14)2)15-7-6-13-5-4-8-17-16(13)11-15/h6-7,11,14,17H,3-5,8-10,12H2,1-2H3. The van der Waals surface area contributed by atoms with E-state index in [4.69, 9.17) is 0 Å². The highest BCUT2D eigenvalue weighted by Crippen LogP contribution is 2.28. The second kappa shape index (κ2) is 5.41. The molecule has 3 heteroatoms. The Morgan fingerprint density at radius 2 is 2.21 bits per heavy atom. The first kappa shape index (κ1) is 12.8. The molecule has 1 aromatic carbocycles. The third-order valence-electron chi connectivity index (χ3n) is 4.65. The first-order chi connectivity index (χ1) is 9.28. The van der Waals surface area contributed by atoms with Gasteiger partial charge in [0.15, 0.2) is 0 Å². The van der Waals surface area contributed by atoms with E-state index in [9.17, 15) is 0 Å². The Bertz CT molecular complexity index is 444. The topological polar surface area (TPSA) is 18.5 Å². The van der Waals surface area contributed by atoms with E-state index in [0.29, 0.717) is 6.04 Å². The summed E-state index contributed by atoms with van der Waals surface area (Å²) in [6, 6.07) is 7.67. The summed E-state index contributed by atoms with van der Waals surface area (Å²) in [5.41, 5.74) is 4.23. The lowest BCUT2D eigenvalue weighted by Gasteiger charge is -2.40. The molecule has 2 aliphatic heterocycles. The van der Waals surface area contributed by atoms with Crippen molar-refractivity contribution in [1.29, 1.82) is 0 Å². The summed E-state index contributed by atoms with van der Waals surface area (Å²) < 4.78 is 0. The molecule has 0 aromatic heterocycles. The zero-order chi connectivity index (χ0) is 13.2. The minimum Gasteiger partial charge on any atom is -0.385 e. The minimum atomic E-state index is 0.692. The Morgan fingerprint density at radius 3 is 3.05 bits per heavy atom. The van der Waals surface area contributed by atoms with E-state index in [1.165, 1.54) is 42.7 Å². The highest BCUT2D eigenvalue weighted by Gasteiger charge is 2.23. The summed E-state index contributed by atoms with van der Waals surface area (Å²) in [6.45, 7) is 6.89. The van der Waals surface area contributed by atoms with Gasteiger partial charge in [-0.2, -0.15) is 0 Å². The first-order valence-electron chi connectivity index (χ1n) is 7.60. The number of nitrogens with zero attached hydrogens (tertiary/aromatic N) is 2. The van der Waals surface area contributed by atoms with Crippen molar-refractivity contribution in [2.45, 2.75) is 32.2 Å². The van der Waals surface area contributed by atoms with Crippen molar-refractivity contribution in [1.82, 2.24) is 4.90 Å². The number of nitrogens with one attached hydrogen (secondary N) is 1. The Hall–Kier alpha value is -1.22. The van der Waals surface area contributed by atoms with Crippen LogP contribution in [0.1, 0.15) is 25.3 Å². The fourth-order valence-electron chi connectivity index (χ4n) is 3.27. The van der Waals surface area contributed by atoms with Gasteiger partial charge in [-0.05, 0) is 44.0 Å². The monoisotopic (exact) mass is 259 g/mol. The first-order valence-corrected chi connectivity index (χ1v) is 7.60. The van der Waals surface area contributed by atoms with Crippen molar-refractivity contribution in [3.8, 4) is 0 Å². The van der Waals surface area contributed by atoms with E-state index < -0.39 is 0 Å². The number of anilines is 2. The zero-order valence-electron chi connectivity index (χ0n) is 12.2. The largest absolute Gasteiger partial charge is 0.385 e. The average molecular weight is 259 g/mol. The molecular weight excluding hydrogens is 234 g/mol. The number of piperazine rings is 1. The molecule has 3 nitrogen and oxygen atoms in total. The molecule has 0 amide bonds. The summed E-state index contributed by atoms with van der Waals surface area (Å²) in [7, 11) is 2.25. The average Bonchev–Trinajstić information content (AvgIpc) is 2.47. The highest BCUT2D eigenvalue weighted by molar-refractivity contribution is 5.63. The van der Waals surface area contributed by atoms with E-state index in [1.807, 2.05) is 0 Å². The molecule has 0 saturated carbocycles. The molecule has 3 rings (SSSR count). The van der Waals surface area contributed by atoms with Gasteiger partial charge < -0.3 is 10.2 Å². The van der Waals surface area contributed by atoms with Gasteiger partial charge in [-0.1, -0.05) is 13.0 Å². The molecule has 0 aliphatic carbocycles. The maximum atomic E-state index is 3.54. The SMILES string of the molecule is CCC1CN(c2ccc3c(c2)NCCC3)CCN1C. The van der Waals surface area contributed by atoms with Gasteiger partial charge in [0.05, 0.1) is 0 Å². The van der Waals surface area contributed by atoms with Crippen LogP contribution in [0.4, 0.5) is 11.4 Å². The smallest absolute Gasteiger partial charge is 0.0393 e. The molecule has 1 unspecified atom stereocenters. The molecule has 0 radical (unpaired) electrons. The predicted octanol–water partition coefficient (Wildman–Crippen LogP) is 2.58. The molecular formula is C16H25N3. The molecule has 1 atom stereocenters. The van der Waals surface area contributed by atoms with Crippen LogP contribution in [0.15, 0.2) is 18.2 Å². The fraction of sp³-hybridized carbons (Fsp3) is 0.625. The molecule has 1 saturated heterocycles. The fourth-order valence-corrected chi connectivity index (χ4v) is 3.27. The maximum absolute atomic E-state index is 3.54. The van der Waals surface area contributed by atoms with Gasteiger partial charge in [0, 0.05) is 43.6 Å². The predicted molar refractivity (Wildman–Crippen MR) is 82.2 cm³/mol. The number of hydrogen-bond donors (Lipinski definition) is 1. The number of likely N-dealkylation sites (N-methyl/N-ethyl adjacent to an activating group) is 1. The lowest BCUT2D eigenvalue weighted by molar-refractivity contribution is 0.213. The molecule has 0 bridgehead atoms. The number of rotatable bonds is 2. The highest BCUT2D eigenvalue weighted by atomic mass is 15.3. The minimum absolute atomic E-state index is 0.692. The molecule has 2 aliphatic rings. The molecule has 2 heterocycles. The molecule has 0 spiro atoms. The van der Waals surface area contributed by atoms with Crippen LogP contribution in [-0.4, -0.2) is 44.2 Å². The number of benzene rings is 1. The Balaban J connectivity index is 1.78. The molecule has 19 heavy (non-hydrogen) atoms. The van der Waals surface area contributed by atoms with Gasteiger partial charge in [0.1, 0.15) is 0 Å². The Labute approximate surface area is 116 Å². The summed E-state index contributed by atoms with van der Waals surface area (Å²) in [5, 5.41) is 3.54. The van der Waals surface area contributed by atoms with Gasteiger partial charge >= 0.3 is 0 Å². The number of fused-ring (bicyclic) bond motifs is 1. The molecule has 104 valence electrons. The van der Waals surface area contributed by atoms with Crippen molar-refractivity contribution < 1.29 is 0 Å². The Kier molecular flexibility index (Phi) is 3.65. The van der Waals surface area contributed by atoms with Crippen molar-refractivity contribution in [3.63, 3.8) is 0 Å². The van der Waals surface area contributed by atoms with Crippen molar-refractivity contribution >= 4 is 11.4 Å². The van der Waals surface area contributed by atoms with E-state index in [0.717, 1.165) is 19.6 Å². The van der Waals surface area contributed by atoms with Crippen LogP contribution in [0.3, 0.4) is 0 Å². The van der Waals surface area contributed by atoms with Crippen LogP contribution in [0, 0.1) is 0 Å². The van der Waals surface area contributed by atoms with Crippen LogP contribution >= 0.6 is 0 Å². The van der Waals surface area contributed by atoms with E-state index in [-0.39, 0.29) is 0 Å². The van der Waals surface area contributed by atoms with Crippen molar-refractivity contribution in [2.75, 3.05) is 43.4 Å². The van der Waals surface area contributed by atoms with Crippen LogP contribution in [0.25, 0.3) is 0 Å². The maximum Gasteiger partial charge on any atom is 0.0393 e. The molecule has 1 fully saturated rings. The summed E-state index contributed by atoms with van der Waals surface area (Å²) in [4.78, 5) is 5.04. The third kappa shape index (κ3) is 2.57. The van der Waals surface area contributed by atoms with Gasteiger partial charge in [0.25, 0.3) is 0 Å². The van der Waals surface area contributed by atoms with E-state index in [2.05, 4.69) is 47.3 Å². The lowest BCUT2D eigenvalue weighted by atomic mass is 10.0. The van der Waals surface area contributed by atoms with E-state index in [1.54, 1.807) is 0 Å². The van der Waals surface area contributed by atoms with Crippen LogP contribution in [0.2, 0.25) is 0 Å². The lowest BCUT2D eigenvalue weighted by Crippen LogP contribution is -2.51. The molecule has 1 N–H and O–H groups in total. The molecule has 1 aromatic rings. The summed E-state index contributed by atoms with van der Waals surface area (Å²) in [6.07, 6.45) is 3.72. The second-order valence-corrected chi connectivity index (χ2v) is 5.86. The van der Waals surface area contributed by atoms with Gasteiger partial charge in [-0.25, -0.2) is 0 Å². The Morgan fingerprint density at radius 1 is 1.32 bits per heavy atom. The van der Waals surface area contributed by atoms with Gasteiger partial charge in [-0.15, -0.1) is 0 Å². The van der Waals surface area contributed by atoms with E-state index >= 15 is 0 Å². The zero-order valence-corrected chi connectivity index (χ0v) is 12.2. The van der Waals surface area contributed by atoms with Crippen molar-refractivity contribution in [3.05, 3.63) is 23.8 Å². The quantitative estimate of drug-likeness (QED) is 0.880. The van der Waals surface area contributed by atoms with Crippen LogP contribution < -0.4 is 10.2 Å².